The average Bonchev–Trinajstić information content (AvgIpc) is 0.768. The van der Waals surface area contributed by atoms with E-state index < -0.39 is 0 Å². The number of benzene rings is 18. The first-order valence-electron chi connectivity index (χ1n) is 55.9. The molecule has 150 heavy (non-hydrogen) atoms. The highest BCUT2D eigenvalue weighted by Gasteiger charge is 2.28. The maximum Gasteiger partial charge on any atom is 0.0493 e. The van der Waals surface area contributed by atoms with Crippen LogP contribution in [0.5, 0.6) is 0 Å². The van der Waals surface area contributed by atoms with Crippen LogP contribution >= 0.6 is 0 Å². The molecule has 0 saturated carbocycles. The number of nitrogens with zero attached hydrogens (tertiary/aromatic N) is 4. The molecule has 0 aliphatic heterocycles. The zero-order valence-corrected chi connectivity index (χ0v) is 92.7. The first kappa shape index (κ1) is 106. The molecule has 18 rings (SSSR count). The minimum Gasteiger partial charge on any atom is -0.310 e. The van der Waals surface area contributed by atoms with Crippen LogP contribution in [0.3, 0.4) is 0 Å². The summed E-state index contributed by atoms with van der Waals surface area (Å²) in [5, 5.41) is 0. The van der Waals surface area contributed by atoms with Gasteiger partial charge in [-0.25, -0.2) is 0 Å². The van der Waals surface area contributed by atoms with Crippen LogP contribution in [-0.4, -0.2) is 0 Å². The third kappa shape index (κ3) is 25.3. The van der Waals surface area contributed by atoms with Crippen LogP contribution in [0.1, 0.15) is 231 Å². The number of hydrogen-bond acceptors (Lipinski definition) is 4. The van der Waals surface area contributed by atoms with Gasteiger partial charge in [-0.05, 0) is 461 Å². The Morgan fingerprint density at radius 1 is 0.140 bits per heavy atom. The molecule has 0 N–H and O–H groups in total. The van der Waals surface area contributed by atoms with Crippen LogP contribution in [0.2, 0.25) is 0 Å². The van der Waals surface area contributed by atoms with Crippen molar-refractivity contribution < 1.29 is 0 Å². The fourth-order valence-electron chi connectivity index (χ4n) is 22.5. The summed E-state index contributed by atoms with van der Waals surface area (Å²) in [6.45, 7) is 40.9. The smallest absolute Gasteiger partial charge is 0.0493 e. The molecule has 0 unspecified atom stereocenters. The van der Waals surface area contributed by atoms with E-state index in [1.54, 1.807) is 0 Å². The number of hydrogen-bond donors (Lipinski definition) is 0. The highest BCUT2D eigenvalue weighted by atomic mass is 15.2. The van der Waals surface area contributed by atoms with Gasteiger partial charge < -0.3 is 19.6 Å². The third-order valence-electron chi connectivity index (χ3n) is 30.9. The molecule has 18 aromatic rings. The summed E-state index contributed by atoms with van der Waals surface area (Å²) < 4.78 is 0. The molecule has 0 spiro atoms. The highest BCUT2D eigenvalue weighted by Crippen LogP contribution is 2.50. The quantitative estimate of drug-likeness (QED) is 0.0355. The molecule has 0 saturated heterocycles. The Hall–Kier alpha value is -14.8. The molecule has 0 radical (unpaired) electrons. The Balaban J connectivity index is 0.000000204. The van der Waals surface area contributed by atoms with Gasteiger partial charge in [-0.1, -0.05) is 358 Å². The molecule has 0 amide bonds. The summed E-state index contributed by atoms with van der Waals surface area (Å²) in [7, 11) is 0. The van der Waals surface area contributed by atoms with Gasteiger partial charge >= 0.3 is 0 Å². The van der Waals surface area contributed by atoms with Crippen molar-refractivity contribution in [2.75, 3.05) is 19.6 Å². The second-order valence-corrected chi connectivity index (χ2v) is 42.6. The fourth-order valence-corrected chi connectivity index (χ4v) is 22.5. The van der Waals surface area contributed by atoms with E-state index in [0.29, 0.717) is 0 Å². The average molecular weight is 1970 g/mol. The molecular formula is C146H156N4. The van der Waals surface area contributed by atoms with Crippen molar-refractivity contribution >= 4 is 68.2 Å². The van der Waals surface area contributed by atoms with Crippen molar-refractivity contribution in [2.24, 2.45) is 0 Å². The second-order valence-electron chi connectivity index (χ2n) is 42.6. The molecule has 0 atom stereocenters. The molecule has 4 heteroatoms. The van der Waals surface area contributed by atoms with E-state index in [-0.39, 0.29) is 0 Å². The van der Waals surface area contributed by atoms with E-state index in [1.165, 1.54) is 326 Å². The van der Waals surface area contributed by atoms with Gasteiger partial charge in [0.15, 0.2) is 0 Å². The number of aryl methyl sites for hydroxylation is 18. The van der Waals surface area contributed by atoms with E-state index >= 15 is 0 Å². The van der Waals surface area contributed by atoms with Gasteiger partial charge in [0.1, 0.15) is 0 Å². The lowest BCUT2D eigenvalue weighted by Crippen LogP contribution is -2.12. The summed E-state index contributed by atoms with van der Waals surface area (Å²) in [6, 6.07) is 142. The summed E-state index contributed by atoms with van der Waals surface area (Å²) >= 11 is 0. The predicted molar refractivity (Wildman–Crippen MR) is 653 cm³/mol. The van der Waals surface area contributed by atoms with Crippen LogP contribution in [0.25, 0.3) is 89.0 Å². The summed E-state index contributed by atoms with van der Waals surface area (Å²) in [6.07, 6.45) is 23.8. The first-order valence-corrected chi connectivity index (χ1v) is 55.9. The van der Waals surface area contributed by atoms with E-state index in [0.717, 1.165) is 59.8 Å². The lowest BCUT2D eigenvalue weighted by atomic mass is 9.84. The van der Waals surface area contributed by atoms with Crippen molar-refractivity contribution in [3.63, 3.8) is 0 Å². The molecule has 0 aliphatic carbocycles. The fraction of sp³-hybridized carbons (Fsp3) is 0.260. The van der Waals surface area contributed by atoms with E-state index in [1.807, 2.05) is 0 Å². The van der Waals surface area contributed by atoms with Gasteiger partial charge in [-0.2, -0.15) is 0 Å². The van der Waals surface area contributed by atoms with Crippen LogP contribution in [0.15, 0.2) is 376 Å². The molecule has 0 bridgehead atoms. The van der Waals surface area contributed by atoms with Crippen molar-refractivity contribution in [3.8, 4) is 89.0 Å². The standard InChI is InChI=1S/C74H80N2.C72H76N2/c1-11-13-15-19-29-61-49-72(70-46-58(10)74(48-56(70)8)76(64-37-33-52(4)34-38-64)66-40-42-68(54(6)44-66)60-27-23-18-24-28-60)62(30-20-16-14-12-2)50-71(61)69-45-57(9)73(47-55(69)7)75(63-35-31-51(3)32-36-63)65-39-41-67(53(5)43-65)59-25-21-17-22-26-59;1-9-11-13-17-27-59-49-72(70-44-40-66(48-56(70)8)74(62-35-31-52(4)32-36-62)64-38-42-68(54(6)46-64)58-25-21-16-22-26-58)60(28-18-14-12-10-2)50-71(59)69-43-39-65(47-55(69)7)73(61-33-29-51(3)30-34-61)63-37-41-67(53(5)45-63)57-23-19-15-20-24-57/h17-18,21-28,31-50H,11-16,19-20,29-30H2,1-10H3;15-16,19-26,29-50H,9-14,17-18,27-28H2,1-8H3. The molecule has 0 fully saturated rings. The van der Waals surface area contributed by atoms with Crippen molar-refractivity contribution in [1.29, 1.82) is 0 Å². The Bertz CT molecular complexity index is 7140. The Labute approximate surface area is 899 Å². The Morgan fingerprint density at radius 3 is 0.553 bits per heavy atom. The van der Waals surface area contributed by atoms with Crippen molar-refractivity contribution in [2.45, 2.75) is 253 Å². The second kappa shape index (κ2) is 50.4. The highest BCUT2D eigenvalue weighted by molar-refractivity contribution is 5.92. The van der Waals surface area contributed by atoms with Crippen molar-refractivity contribution in [1.82, 2.24) is 0 Å². The number of anilines is 12. The van der Waals surface area contributed by atoms with Gasteiger partial charge in [0.05, 0.1) is 0 Å². The summed E-state index contributed by atoms with van der Waals surface area (Å²) in [4.78, 5) is 9.80. The van der Waals surface area contributed by atoms with Crippen LogP contribution in [0.4, 0.5) is 68.2 Å². The number of rotatable bonds is 40. The first-order chi connectivity index (χ1) is 73.0. The monoisotopic (exact) mass is 1970 g/mol. The molecule has 0 aliphatic rings. The maximum atomic E-state index is 2.62. The van der Waals surface area contributed by atoms with E-state index in [2.05, 4.69) is 520 Å². The minimum atomic E-state index is 1.05. The normalized spacial score (nSPS) is 11.3. The third-order valence-corrected chi connectivity index (χ3v) is 30.9. The molecule has 4 nitrogen and oxygen atoms in total. The minimum absolute atomic E-state index is 1.05. The Kier molecular flexibility index (Phi) is 35.8. The van der Waals surface area contributed by atoms with Crippen molar-refractivity contribution in [3.05, 3.63) is 476 Å². The van der Waals surface area contributed by atoms with E-state index in [4.69, 9.17) is 0 Å². The lowest BCUT2D eigenvalue weighted by molar-refractivity contribution is 0.664. The largest absolute Gasteiger partial charge is 0.310 e. The van der Waals surface area contributed by atoms with Crippen LogP contribution in [-0.2, 0) is 25.7 Å². The number of unbranched alkanes of at least 4 members (excludes halogenated alkanes) is 12. The SMILES string of the molecule is CCCCCCc1cc(-c2cc(C)c(N(c3ccc(C)cc3)c3ccc(-c4ccccc4)c(C)c3)cc2C)c(CCCCCC)cc1-c1cc(C)c(N(c2ccc(C)cc2)c2ccc(-c3ccccc3)c(C)c2)cc1C.CCCCCCc1cc(-c2ccc(N(c3ccc(C)cc3)c3ccc(-c4ccccc4)c(C)c3)cc2C)c(CCCCCC)cc1-c1ccc(N(c2ccc(C)cc2)c2ccc(-c3ccccc3)c(C)c2)cc1C. The Morgan fingerprint density at radius 2 is 0.333 bits per heavy atom. The van der Waals surface area contributed by atoms with E-state index in [9.17, 15) is 0 Å². The topological polar surface area (TPSA) is 13.0 Å². The summed E-state index contributed by atoms with van der Waals surface area (Å²) in [5.41, 5.74) is 58.6. The van der Waals surface area contributed by atoms with Gasteiger partial charge in [0.25, 0.3) is 0 Å². The predicted octanol–water partition coefficient (Wildman–Crippen LogP) is 43.4. The van der Waals surface area contributed by atoms with Crippen LogP contribution < -0.4 is 19.6 Å². The molecular weight excluding hydrogens is 1810 g/mol. The van der Waals surface area contributed by atoms with Gasteiger partial charge in [0.2, 0.25) is 0 Å². The lowest BCUT2D eigenvalue weighted by Gasteiger charge is -2.30. The van der Waals surface area contributed by atoms with Crippen LogP contribution in [0, 0.1) is 96.9 Å². The van der Waals surface area contributed by atoms with Gasteiger partial charge in [0, 0.05) is 68.2 Å². The maximum absolute atomic E-state index is 2.62. The van der Waals surface area contributed by atoms with Gasteiger partial charge in [-0.3, -0.25) is 0 Å². The molecule has 18 aromatic carbocycles. The molecule has 760 valence electrons. The summed E-state index contributed by atoms with van der Waals surface area (Å²) in [5.74, 6) is 0. The zero-order valence-electron chi connectivity index (χ0n) is 92.7. The molecule has 0 heterocycles. The molecule has 0 aromatic heterocycles. The zero-order chi connectivity index (χ0) is 105. The van der Waals surface area contributed by atoms with Gasteiger partial charge in [-0.15, -0.1) is 0 Å².